The molecule has 2 aliphatic rings. The number of hydrogen-bond acceptors (Lipinski definition) is 2. The van der Waals surface area contributed by atoms with Crippen molar-refractivity contribution in [1.29, 1.82) is 0 Å². The second kappa shape index (κ2) is 20.1. The summed E-state index contributed by atoms with van der Waals surface area (Å²) >= 11 is 0. The van der Waals surface area contributed by atoms with E-state index >= 15 is 0 Å². The Morgan fingerprint density at radius 3 is 1.43 bits per heavy atom. The molecule has 1 heterocycles. The minimum atomic E-state index is -0.843. The molecule has 0 aromatic heterocycles. The van der Waals surface area contributed by atoms with Crippen LogP contribution in [0.4, 0.5) is 0 Å². The van der Waals surface area contributed by atoms with E-state index in [1.165, 1.54) is 87.5 Å². The summed E-state index contributed by atoms with van der Waals surface area (Å²) < 4.78 is 6.01. The van der Waals surface area contributed by atoms with Crippen LogP contribution in [0.25, 0.3) is 0 Å². The van der Waals surface area contributed by atoms with Crippen LogP contribution in [0.15, 0.2) is 127 Å². The van der Waals surface area contributed by atoms with Gasteiger partial charge in [-0.15, -0.1) is 23.7 Å². The Morgan fingerprint density at radius 1 is 0.569 bits per heavy atom. The van der Waals surface area contributed by atoms with Crippen LogP contribution >= 0.6 is 15.8 Å². The molecule has 0 amide bonds. The zero-order valence-corrected chi connectivity index (χ0v) is 38.3. The Hall–Kier alpha value is -3.64. The zero-order valence-electron chi connectivity index (χ0n) is 35.4. The van der Waals surface area contributed by atoms with Gasteiger partial charge in [0, 0.05) is 19.1 Å². The van der Waals surface area contributed by atoms with Gasteiger partial charge in [-0.25, -0.2) is 30.7 Å². The van der Waals surface area contributed by atoms with Crippen LogP contribution < -0.4 is 31.8 Å². The predicted molar refractivity (Wildman–Crippen MR) is 250 cm³/mol. The van der Waals surface area contributed by atoms with E-state index in [1.54, 1.807) is 0 Å². The average molecular weight is 842 g/mol. The van der Waals surface area contributed by atoms with Crippen LogP contribution in [0.1, 0.15) is 61.7 Å². The fraction of sp³-hybridized carbons (Fsp3) is 0.245. The molecule has 0 N–H and O–H groups in total. The summed E-state index contributed by atoms with van der Waals surface area (Å²) in [5.41, 5.74) is 13.4. The van der Waals surface area contributed by atoms with Crippen LogP contribution in [0.5, 0.6) is 0 Å². The van der Waals surface area contributed by atoms with Gasteiger partial charge in [0.05, 0.1) is 13.2 Å². The molecular formula is C53H57FeNOP2. The number of allylic oxidation sites excluding steroid dienone is 2. The Morgan fingerprint density at radius 2 is 1.02 bits per heavy atom. The van der Waals surface area contributed by atoms with Crippen molar-refractivity contribution in [2.75, 3.05) is 26.3 Å². The monoisotopic (exact) mass is 841 g/mol. The molecule has 58 heavy (non-hydrogen) atoms. The Bertz CT molecular complexity index is 2160. The van der Waals surface area contributed by atoms with Crippen LogP contribution in [-0.2, 0) is 21.8 Å². The van der Waals surface area contributed by atoms with Gasteiger partial charge in [0.25, 0.3) is 0 Å². The minimum absolute atomic E-state index is 0. The van der Waals surface area contributed by atoms with Crippen LogP contribution in [-0.4, -0.2) is 31.2 Å². The summed E-state index contributed by atoms with van der Waals surface area (Å²) in [5, 5.41) is 8.58. The van der Waals surface area contributed by atoms with Gasteiger partial charge in [-0.05, 0) is 103 Å². The normalized spacial score (nSPS) is 14.5. The number of nitrogens with zero attached hydrogens (tertiary/aromatic N) is 1. The molecule has 2 nitrogen and oxygen atoms in total. The van der Waals surface area contributed by atoms with E-state index in [9.17, 15) is 0 Å². The van der Waals surface area contributed by atoms with E-state index in [-0.39, 0.29) is 23.1 Å². The van der Waals surface area contributed by atoms with Crippen molar-refractivity contribution in [3.8, 4) is 0 Å². The summed E-state index contributed by atoms with van der Waals surface area (Å²) in [5.74, 6) is 0. The van der Waals surface area contributed by atoms with E-state index < -0.39 is 15.8 Å². The van der Waals surface area contributed by atoms with Crippen molar-refractivity contribution in [3.05, 3.63) is 202 Å². The summed E-state index contributed by atoms with van der Waals surface area (Å²) in [6, 6.07) is 45.4. The van der Waals surface area contributed by atoms with Gasteiger partial charge in [-0.1, -0.05) is 142 Å². The molecule has 0 unspecified atom stereocenters. The Balaban J connectivity index is 0.000000878. The standard InChI is InChI=1S/C48H52NOP2.C5H5.Fe/c1-32-20-33(2)25-40(24-32)51(41-26-34(3)21-35(4)27-41)46-14-10-9-12-44(46)48(49-16-18-50-19-17-49)45-13-11-15-47(45)52(42-28-36(5)22-37(6)29-42)43-30-38(7)23-39(8)31-43;1-2-4-5-3-1;/h9-15,20-31,48H,16-19H2,1-8H3;1-5H;/q2*-1;+2/t48-;;/m1../s1. The summed E-state index contributed by atoms with van der Waals surface area (Å²) in [7, 11) is -1.66. The molecule has 0 bridgehead atoms. The molecule has 1 fully saturated rings. The van der Waals surface area contributed by atoms with Gasteiger partial charge in [0.1, 0.15) is 0 Å². The van der Waals surface area contributed by atoms with Gasteiger partial charge in [-0.3, -0.25) is 4.90 Å². The zero-order chi connectivity index (χ0) is 40.1. The van der Waals surface area contributed by atoms with Crippen LogP contribution in [0.2, 0.25) is 0 Å². The molecular weight excluding hydrogens is 784 g/mol. The first kappa shape index (κ1) is 43.9. The van der Waals surface area contributed by atoms with Crippen LogP contribution in [0.3, 0.4) is 0 Å². The first-order chi connectivity index (χ1) is 27.5. The SMILES string of the molecule is Cc1cc(C)cc(P(c2cc(C)cc(C)c2)c2ccccc2[C@H]([c-]2cccc2P(c2cc(C)cc(C)c2)c2cc(C)cc(C)c2)N2CCOCC2)c1.[CH]1[CH][CH-]C=C1.[Fe+2]. The van der Waals surface area contributed by atoms with Gasteiger partial charge in [0.15, 0.2) is 0 Å². The van der Waals surface area contributed by atoms with Crippen molar-refractivity contribution in [2.45, 2.75) is 61.4 Å². The summed E-state index contributed by atoms with van der Waals surface area (Å²) in [6.07, 6.45) is 10.0. The maximum atomic E-state index is 6.01. The molecule has 6 aromatic carbocycles. The third-order valence-corrected chi connectivity index (χ3v) is 15.5. The fourth-order valence-corrected chi connectivity index (χ4v) is 14.4. The smallest absolute Gasteiger partial charge is 0.379 e. The average Bonchev–Trinajstić information content (AvgIpc) is 3.89. The summed E-state index contributed by atoms with van der Waals surface area (Å²) in [6.45, 7) is 21.2. The van der Waals surface area contributed by atoms with Gasteiger partial charge < -0.3 is 4.74 Å². The van der Waals surface area contributed by atoms with E-state index in [0.717, 1.165) is 26.3 Å². The van der Waals surface area contributed by atoms with E-state index in [1.807, 2.05) is 31.4 Å². The molecule has 1 saturated heterocycles. The first-order valence-electron chi connectivity index (χ1n) is 20.3. The Labute approximate surface area is 362 Å². The maximum Gasteiger partial charge on any atom is 2.00 e. The molecule has 0 saturated carbocycles. The van der Waals surface area contributed by atoms with Crippen molar-refractivity contribution >= 4 is 47.7 Å². The molecule has 5 heteroatoms. The van der Waals surface area contributed by atoms with Gasteiger partial charge in [-0.2, -0.15) is 6.07 Å². The third-order valence-electron chi connectivity index (χ3n) is 10.7. The second-order valence-corrected chi connectivity index (χ2v) is 20.4. The van der Waals surface area contributed by atoms with Crippen molar-refractivity contribution in [1.82, 2.24) is 4.90 Å². The first-order valence-corrected chi connectivity index (χ1v) is 23.0. The van der Waals surface area contributed by atoms with E-state index in [2.05, 4.69) is 176 Å². The molecule has 1 atom stereocenters. The summed E-state index contributed by atoms with van der Waals surface area (Å²) in [4.78, 5) is 2.70. The van der Waals surface area contributed by atoms with Crippen molar-refractivity contribution < 1.29 is 21.8 Å². The number of morpholine rings is 1. The number of hydrogen-bond donors (Lipinski definition) is 0. The number of ether oxygens (including phenoxy) is 1. The maximum absolute atomic E-state index is 6.01. The Kier molecular flexibility index (Phi) is 15.2. The molecule has 6 aromatic rings. The van der Waals surface area contributed by atoms with Crippen molar-refractivity contribution in [2.24, 2.45) is 0 Å². The molecule has 2 radical (unpaired) electrons. The number of aryl methyl sites for hydroxylation is 8. The third kappa shape index (κ3) is 10.6. The van der Waals surface area contributed by atoms with Crippen LogP contribution in [0, 0.1) is 74.7 Å². The number of benzene rings is 5. The minimum Gasteiger partial charge on any atom is -0.379 e. The quantitative estimate of drug-likeness (QED) is 0.0817. The van der Waals surface area contributed by atoms with E-state index in [4.69, 9.17) is 4.74 Å². The molecule has 1 aliphatic heterocycles. The number of rotatable bonds is 9. The predicted octanol–water partition coefficient (Wildman–Crippen LogP) is 9.98. The fourth-order valence-electron chi connectivity index (χ4n) is 8.67. The largest absolute Gasteiger partial charge is 2.00 e. The van der Waals surface area contributed by atoms with Crippen molar-refractivity contribution in [3.63, 3.8) is 0 Å². The molecule has 1 aliphatic carbocycles. The molecule has 0 spiro atoms. The van der Waals surface area contributed by atoms with E-state index in [0.29, 0.717) is 0 Å². The molecule has 298 valence electrons. The second-order valence-electron chi connectivity index (χ2n) is 16.0. The topological polar surface area (TPSA) is 12.5 Å². The van der Waals surface area contributed by atoms with Gasteiger partial charge in [0.2, 0.25) is 0 Å². The molecule has 8 rings (SSSR count). The van der Waals surface area contributed by atoms with Gasteiger partial charge >= 0.3 is 17.1 Å².